The molecule has 78 valence electrons. The third-order valence-electron chi connectivity index (χ3n) is 0.874. The number of carbonyl (C=O) groups is 1. The number of hydrogen-bond acceptors (Lipinski definition) is 4. The first-order valence-corrected chi connectivity index (χ1v) is 6.11. The summed E-state index contributed by atoms with van der Waals surface area (Å²) < 4.78 is 4.76. The van der Waals surface area contributed by atoms with Gasteiger partial charge in [-0.3, -0.25) is 9.88 Å². The van der Waals surface area contributed by atoms with Crippen molar-refractivity contribution in [1.29, 1.82) is 0 Å². The molecule has 1 unspecified atom stereocenters. The van der Waals surface area contributed by atoms with Crippen LogP contribution in [-0.4, -0.2) is 17.4 Å². The summed E-state index contributed by atoms with van der Waals surface area (Å²) in [4.78, 5) is 20.1. The van der Waals surface area contributed by atoms with Gasteiger partial charge in [0.1, 0.15) is 0 Å². The molecule has 0 aromatic carbocycles. The number of nitrogens with one attached hydrogen (secondary N) is 1. The number of allylic oxidation sites excluding steroid dienone is 1. The van der Waals surface area contributed by atoms with Gasteiger partial charge in [0.05, 0.1) is 6.61 Å². The Labute approximate surface area is 83.0 Å². The second kappa shape index (κ2) is 7.17. The van der Waals surface area contributed by atoms with Crippen molar-refractivity contribution >= 4 is 24.4 Å². The molecule has 0 fully saturated rings. The average molecular weight is 226 g/mol. The SMILES string of the molecule is C/C=C/C(=O)NP(O)(=S)OCC.N. The average Bonchev–Trinajstić information content (AvgIpc) is 1.85. The van der Waals surface area contributed by atoms with E-state index in [9.17, 15) is 9.69 Å². The van der Waals surface area contributed by atoms with Crippen LogP contribution in [0.1, 0.15) is 13.8 Å². The second-order valence-corrected chi connectivity index (χ2v) is 4.92. The predicted molar refractivity (Wildman–Crippen MR) is 56.1 cm³/mol. The number of rotatable bonds is 4. The van der Waals surface area contributed by atoms with E-state index in [1.54, 1.807) is 19.9 Å². The van der Waals surface area contributed by atoms with Gasteiger partial charge in [-0.1, -0.05) is 6.08 Å². The standard InChI is InChI=1S/C6H12NO3PS.H3N/c1-3-5-6(8)7-11(9,12)10-4-2;/h3,5H,4H2,1-2H3,(H2,7,8,9,12);1H3/b5-3+;. The lowest BCUT2D eigenvalue weighted by atomic mass is 10.5. The maximum Gasteiger partial charge on any atom is 0.287 e. The Bertz CT molecular complexity index is 232. The molecule has 0 saturated heterocycles. The van der Waals surface area contributed by atoms with E-state index in [0.29, 0.717) is 0 Å². The van der Waals surface area contributed by atoms with Gasteiger partial charge in [-0.15, -0.1) is 0 Å². The van der Waals surface area contributed by atoms with Crippen LogP contribution < -0.4 is 11.2 Å². The normalized spacial score (nSPS) is 14.7. The lowest BCUT2D eigenvalue weighted by molar-refractivity contribution is -0.115. The molecule has 1 amide bonds. The van der Waals surface area contributed by atoms with E-state index in [4.69, 9.17) is 4.52 Å². The molecule has 7 heteroatoms. The van der Waals surface area contributed by atoms with Crippen LogP contribution >= 0.6 is 6.64 Å². The predicted octanol–water partition coefficient (Wildman–Crippen LogP) is 1.09. The van der Waals surface area contributed by atoms with Crippen molar-refractivity contribution < 1.29 is 14.2 Å². The molecule has 0 bridgehead atoms. The summed E-state index contributed by atoms with van der Waals surface area (Å²) in [5.41, 5.74) is 0. The fraction of sp³-hybridized carbons (Fsp3) is 0.500. The maximum atomic E-state index is 10.9. The third kappa shape index (κ3) is 8.08. The molecule has 0 aliphatic heterocycles. The van der Waals surface area contributed by atoms with Crippen LogP contribution in [-0.2, 0) is 21.1 Å². The first kappa shape index (κ1) is 15.2. The summed E-state index contributed by atoms with van der Waals surface area (Å²) in [6.07, 6.45) is 2.83. The van der Waals surface area contributed by atoms with Crippen molar-refractivity contribution in [3.8, 4) is 0 Å². The van der Waals surface area contributed by atoms with E-state index in [1.165, 1.54) is 6.08 Å². The molecule has 0 saturated carbocycles. The molecule has 13 heavy (non-hydrogen) atoms. The van der Waals surface area contributed by atoms with Crippen LogP contribution in [0.4, 0.5) is 0 Å². The van der Waals surface area contributed by atoms with Crippen molar-refractivity contribution in [2.45, 2.75) is 13.8 Å². The van der Waals surface area contributed by atoms with Gasteiger partial charge in [-0.2, -0.15) is 0 Å². The Morgan fingerprint density at radius 1 is 1.77 bits per heavy atom. The molecular weight excluding hydrogens is 211 g/mol. The molecule has 5 nitrogen and oxygen atoms in total. The smallest absolute Gasteiger partial charge is 0.287 e. The van der Waals surface area contributed by atoms with E-state index in [-0.39, 0.29) is 12.8 Å². The Morgan fingerprint density at radius 2 is 2.31 bits per heavy atom. The molecule has 0 aromatic rings. The first-order chi connectivity index (χ1) is 5.52. The Hall–Kier alpha value is -0.260. The molecule has 0 rings (SSSR count). The highest BCUT2D eigenvalue weighted by molar-refractivity contribution is 8.08. The Kier molecular flexibility index (Phi) is 8.40. The molecule has 5 N–H and O–H groups in total. The Balaban J connectivity index is 0. The van der Waals surface area contributed by atoms with E-state index >= 15 is 0 Å². The molecule has 0 radical (unpaired) electrons. The summed E-state index contributed by atoms with van der Waals surface area (Å²) in [5, 5.41) is 2.19. The first-order valence-electron chi connectivity index (χ1n) is 3.44. The topological polar surface area (TPSA) is 93.6 Å². The fourth-order valence-electron chi connectivity index (χ4n) is 0.535. The minimum Gasteiger partial charge on any atom is -0.344 e. The van der Waals surface area contributed by atoms with Crippen LogP contribution in [0, 0.1) is 0 Å². The maximum absolute atomic E-state index is 10.9. The van der Waals surface area contributed by atoms with Gasteiger partial charge < -0.3 is 15.6 Å². The molecule has 1 atom stereocenters. The van der Waals surface area contributed by atoms with Gasteiger partial charge in [0.15, 0.2) is 0 Å². The van der Waals surface area contributed by atoms with E-state index in [0.717, 1.165) is 0 Å². The van der Waals surface area contributed by atoms with Crippen molar-refractivity contribution in [2.75, 3.05) is 6.61 Å². The fourth-order valence-corrected chi connectivity index (χ4v) is 1.89. The zero-order chi connectivity index (χ0) is 9.61. The van der Waals surface area contributed by atoms with Gasteiger partial charge in [0, 0.05) is 0 Å². The van der Waals surface area contributed by atoms with Crippen LogP contribution in [0.5, 0.6) is 0 Å². The van der Waals surface area contributed by atoms with Gasteiger partial charge in [0.25, 0.3) is 12.5 Å². The molecule has 0 aromatic heterocycles. The van der Waals surface area contributed by atoms with Crippen molar-refractivity contribution in [1.82, 2.24) is 11.2 Å². The van der Waals surface area contributed by atoms with Crippen molar-refractivity contribution in [3.05, 3.63) is 12.2 Å². The molecule has 0 aliphatic rings. The zero-order valence-electron chi connectivity index (χ0n) is 7.69. The van der Waals surface area contributed by atoms with Crippen molar-refractivity contribution in [2.24, 2.45) is 0 Å². The molecule has 0 aliphatic carbocycles. The molecule has 0 spiro atoms. The van der Waals surface area contributed by atoms with Crippen molar-refractivity contribution in [3.63, 3.8) is 0 Å². The summed E-state index contributed by atoms with van der Waals surface area (Å²) in [5.74, 6) is -0.434. The van der Waals surface area contributed by atoms with Crippen LogP contribution in [0.25, 0.3) is 0 Å². The highest BCUT2D eigenvalue weighted by atomic mass is 32.5. The zero-order valence-corrected chi connectivity index (χ0v) is 9.40. The lowest BCUT2D eigenvalue weighted by Gasteiger charge is -2.13. The monoisotopic (exact) mass is 226 g/mol. The van der Waals surface area contributed by atoms with E-state index in [2.05, 4.69) is 16.9 Å². The third-order valence-corrected chi connectivity index (χ3v) is 2.57. The van der Waals surface area contributed by atoms with Gasteiger partial charge in [-0.05, 0) is 31.7 Å². The van der Waals surface area contributed by atoms with Crippen LogP contribution in [0.2, 0.25) is 0 Å². The summed E-state index contributed by atoms with van der Waals surface area (Å²) in [7, 11) is 0. The lowest BCUT2D eigenvalue weighted by Crippen LogP contribution is -2.18. The largest absolute Gasteiger partial charge is 0.344 e. The number of amides is 1. The van der Waals surface area contributed by atoms with E-state index in [1.807, 2.05) is 0 Å². The number of hydrogen-bond donors (Lipinski definition) is 3. The highest BCUT2D eigenvalue weighted by Crippen LogP contribution is 2.36. The summed E-state index contributed by atoms with van der Waals surface area (Å²) in [6.45, 7) is 0.575. The summed E-state index contributed by atoms with van der Waals surface area (Å²) in [6, 6.07) is 0. The molecule has 0 heterocycles. The highest BCUT2D eigenvalue weighted by Gasteiger charge is 2.13. The molecular formula is C6H15N2O3PS. The van der Waals surface area contributed by atoms with Gasteiger partial charge in [-0.25, -0.2) is 0 Å². The van der Waals surface area contributed by atoms with Crippen LogP contribution in [0.3, 0.4) is 0 Å². The van der Waals surface area contributed by atoms with Gasteiger partial charge in [0.2, 0.25) is 0 Å². The minimum atomic E-state index is -3.10. The van der Waals surface area contributed by atoms with E-state index < -0.39 is 12.5 Å². The quantitative estimate of drug-likeness (QED) is 0.493. The second-order valence-electron chi connectivity index (χ2n) is 1.91. The van der Waals surface area contributed by atoms with Crippen LogP contribution in [0.15, 0.2) is 12.2 Å². The minimum absolute atomic E-state index is 0. The Morgan fingerprint density at radius 3 is 2.69 bits per heavy atom. The number of carbonyl (C=O) groups excluding carboxylic acids is 1. The van der Waals surface area contributed by atoms with Gasteiger partial charge >= 0.3 is 0 Å². The summed E-state index contributed by atoms with van der Waals surface area (Å²) >= 11 is 4.61.